The van der Waals surface area contributed by atoms with Crippen LogP contribution >= 0.6 is 23.2 Å². The van der Waals surface area contributed by atoms with Crippen LogP contribution in [-0.4, -0.2) is 44.4 Å². The van der Waals surface area contributed by atoms with Gasteiger partial charge in [0.15, 0.2) is 0 Å². The van der Waals surface area contributed by atoms with Crippen molar-refractivity contribution in [2.75, 3.05) is 38.3 Å². The number of hydrogen-bond donors (Lipinski definition) is 0. The first-order valence-corrected chi connectivity index (χ1v) is 11.8. The Morgan fingerprint density at radius 2 is 1.91 bits per heavy atom. The smallest absolute Gasteiger partial charge is 0.315 e. The van der Waals surface area contributed by atoms with Crippen LogP contribution in [-0.2, 0) is 9.53 Å². The van der Waals surface area contributed by atoms with Crippen LogP contribution in [0, 0.1) is 11.2 Å². The topological polar surface area (TPSA) is 60.9 Å². The minimum atomic E-state index is -0.860. The maximum atomic E-state index is 14.4. The van der Waals surface area contributed by atoms with Crippen LogP contribution in [0.1, 0.15) is 19.8 Å². The van der Waals surface area contributed by atoms with Gasteiger partial charge in [-0.1, -0.05) is 23.2 Å². The van der Waals surface area contributed by atoms with Gasteiger partial charge in [-0.05, 0) is 56.2 Å². The highest BCUT2D eigenvalue weighted by Gasteiger charge is 2.44. The summed E-state index contributed by atoms with van der Waals surface area (Å²) in [5.41, 5.74) is 0.157. The van der Waals surface area contributed by atoms with E-state index in [1.165, 1.54) is 13.2 Å². The molecule has 1 aliphatic heterocycles. The van der Waals surface area contributed by atoms with Gasteiger partial charge in [0.1, 0.15) is 23.6 Å². The molecule has 4 rings (SSSR count). The van der Waals surface area contributed by atoms with Gasteiger partial charge in [0.25, 0.3) is 0 Å². The number of hydrogen-bond acceptors (Lipinski definition) is 6. The average Bonchev–Trinajstić information content (AvgIpc) is 2.84. The van der Waals surface area contributed by atoms with E-state index >= 15 is 0 Å². The maximum absolute atomic E-state index is 14.4. The number of halogens is 3. The number of methoxy groups -OCH3 is 1. The molecule has 3 aromatic rings. The maximum Gasteiger partial charge on any atom is 0.315 e. The Morgan fingerprint density at radius 3 is 2.59 bits per heavy atom. The van der Waals surface area contributed by atoms with Gasteiger partial charge in [-0.25, -0.2) is 9.37 Å². The Bertz CT molecular complexity index is 1200. The molecule has 1 aliphatic rings. The first kappa shape index (κ1) is 24.4. The fourth-order valence-electron chi connectivity index (χ4n) is 4.20. The number of piperidine rings is 1. The zero-order valence-corrected chi connectivity index (χ0v) is 20.5. The van der Waals surface area contributed by atoms with E-state index in [9.17, 15) is 9.18 Å². The monoisotopic (exact) mass is 506 g/mol. The van der Waals surface area contributed by atoms with Crippen LogP contribution in [0.15, 0.2) is 42.5 Å². The SMILES string of the molecule is CCOC(=O)C1(COc2ccc(Cl)c3nc(OC)ccc23)CCN(c2ccc(Cl)cc2F)CC1. The summed E-state index contributed by atoms with van der Waals surface area (Å²) in [7, 11) is 1.54. The largest absolute Gasteiger partial charge is 0.492 e. The predicted octanol–water partition coefficient (Wildman–Crippen LogP) is 5.92. The summed E-state index contributed by atoms with van der Waals surface area (Å²) >= 11 is 12.2. The van der Waals surface area contributed by atoms with Crippen molar-refractivity contribution in [3.05, 3.63) is 58.3 Å². The van der Waals surface area contributed by atoms with Crippen molar-refractivity contribution >= 4 is 45.8 Å². The molecule has 0 saturated carbocycles. The predicted molar refractivity (Wildman–Crippen MR) is 131 cm³/mol. The Kier molecular flexibility index (Phi) is 7.33. The number of fused-ring (bicyclic) bond motifs is 1. The van der Waals surface area contributed by atoms with Crippen LogP contribution in [0.5, 0.6) is 11.6 Å². The number of rotatable bonds is 7. The van der Waals surface area contributed by atoms with Gasteiger partial charge in [-0.3, -0.25) is 4.79 Å². The van der Waals surface area contributed by atoms with Crippen LogP contribution in [0.2, 0.25) is 10.0 Å². The molecule has 2 heterocycles. The Hall–Kier alpha value is -2.77. The van der Waals surface area contributed by atoms with Crippen LogP contribution in [0.4, 0.5) is 10.1 Å². The number of carbonyl (C=O) groups is 1. The molecule has 180 valence electrons. The van der Waals surface area contributed by atoms with Gasteiger partial charge in [0, 0.05) is 29.6 Å². The third-order valence-electron chi connectivity index (χ3n) is 6.13. The average molecular weight is 507 g/mol. The summed E-state index contributed by atoms with van der Waals surface area (Å²) in [6.07, 6.45) is 0.900. The highest BCUT2D eigenvalue weighted by molar-refractivity contribution is 6.35. The van der Waals surface area contributed by atoms with Crippen molar-refractivity contribution in [2.45, 2.75) is 19.8 Å². The number of ether oxygens (including phenoxy) is 3. The number of aromatic nitrogens is 1. The lowest BCUT2D eigenvalue weighted by Gasteiger charge is -2.40. The van der Waals surface area contributed by atoms with Crippen molar-refractivity contribution in [1.82, 2.24) is 4.98 Å². The Balaban J connectivity index is 1.56. The fraction of sp³-hybridized carbons (Fsp3) is 0.360. The number of anilines is 1. The number of carbonyl (C=O) groups excluding carboxylic acids is 1. The molecule has 0 aliphatic carbocycles. The van der Waals surface area contributed by atoms with Crippen molar-refractivity contribution in [3.63, 3.8) is 0 Å². The van der Waals surface area contributed by atoms with E-state index in [1.54, 1.807) is 37.3 Å². The molecule has 6 nitrogen and oxygen atoms in total. The molecule has 9 heteroatoms. The molecule has 0 amide bonds. The molecule has 34 heavy (non-hydrogen) atoms. The summed E-state index contributed by atoms with van der Waals surface area (Å²) < 4.78 is 31.2. The summed E-state index contributed by atoms with van der Waals surface area (Å²) in [5, 5.41) is 1.53. The molecule has 0 radical (unpaired) electrons. The summed E-state index contributed by atoms with van der Waals surface area (Å²) in [6.45, 7) is 3.10. The highest BCUT2D eigenvalue weighted by Crippen LogP contribution is 2.38. The molecule has 2 aromatic carbocycles. The van der Waals surface area contributed by atoms with Crippen molar-refractivity contribution in [2.24, 2.45) is 5.41 Å². The second-order valence-corrected chi connectivity index (χ2v) is 9.01. The van der Waals surface area contributed by atoms with Crippen LogP contribution < -0.4 is 14.4 Å². The van der Waals surface area contributed by atoms with Gasteiger partial charge < -0.3 is 19.1 Å². The number of nitrogens with zero attached hydrogens (tertiary/aromatic N) is 2. The van der Waals surface area contributed by atoms with Gasteiger partial charge in [-0.2, -0.15) is 0 Å². The van der Waals surface area contributed by atoms with Crippen LogP contribution in [0.3, 0.4) is 0 Å². The van der Waals surface area contributed by atoms with Gasteiger partial charge in [-0.15, -0.1) is 0 Å². The molecule has 1 fully saturated rings. The molecule has 0 atom stereocenters. The van der Waals surface area contributed by atoms with E-state index in [0.717, 1.165) is 0 Å². The van der Waals surface area contributed by atoms with Crippen molar-refractivity contribution in [1.29, 1.82) is 0 Å². The lowest BCUT2D eigenvalue weighted by Crippen LogP contribution is -2.48. The normalized spacial score (nSPS) is 15.3. The van der Waals surface area contributed by atoms with E-state index in [0.29, 0.717) is 64.2 Å². The zero-order valence-electron chi connectivity index (χ0n) is 18.9. The van der Waals surface area contributed by atoms with E-state index in [-0.39, 0.29) is 25.0 Å². The molecule has 0 spiro atoms. The minimum Gasteiger partial charge on any atom is -0.492 e. The van der Waals surface area contributed by atoms with Gasteiger partial charge >= 0.3 is 5.97 Å². The molecular formula is C25H25Cl2FN2O4. The van der Waals surface area contributed by atoms with Gasteiger partial charge in [0.2, 0.25) is 5.88 Å². The summed E-state index contributed by atoms with van der Waals surface area (Å²) in [6, 6.07) is 11.6. The Labute approximate surface area is 207 Å². The van der Waals surface area contributed by atoms with E-state index in [2.05, 4.69) is 4.98 Å². The lowest BCUT2D eigenvalue weighted by atomic mass is 9.79. The van der Waals surface area contributed by atoms with Crippen molar-refractivity contribution in [3.8, 4) is 11.6 Å². The Morgan fingerprint density at radius 1 is 1.15 bits per heavy atom. The fourth-order valence-corrected chi connectivity index (χ4v) is 4.57. The second kappa shape index (κ2) is 10.2. The second-order valence-electron chi connectivity index (χ2n) is 8.17. The highest BCUT2D eigenvalue weighted by atomic mass is 35.5. The third kappa shape index (κ3) is 4.86. The zero-order chi connectivity index (χ0) is 24.3. The molecule has 0 unspecified atom stereocenters. The first-order chi connectivity index (χ1) is 16.4. The summed E-state index contributed by atoms with van der Waals surface area (Å²) in [4.78, 5) is 19.4. The third-order valence-corrected chi connectivity index (χ3v) is 6.68. The molecular weight excluding hydrogens is 482 g/mol. The minimum absolute atomic E-state index is 0.117. The lowest BCUT2D eigenvalue weighted by molar-refractivity contribution is -0.159. The number of benzene rings is 2. The van der Waals surface area contributed by atoms with Gasteiger partial charge in [0.05, 0.1) is 29.9 Å². The standard InChI is InChI=1S/C25H25Cl2FN2O4/c1-3-33-24(31)25(10-12-30(13-11-25)20-7-4-16(26)14-19(20)28)15-34-21-8-6-18(27)23-17(21)5-9-22(29-23)32-2/h4-9,14H,3,10-13,15H2,1-2H3. The first-order valence-electron chi connectivity index (χ1n) is 11.0. The van der Waals surface area contributed by atoms with E-state index in [4.69, 9.17) is 37.4 Å². The van der Waals surface area contributed by atoms with Crippen molar-refractivity contribution < 1.29 is 23.4 Å². The van der Waals surface area contributed by atoms with E-state index in [1.807, 2.05) is 11.0 Å². The summed E-state index contributed by atoms with van der Waals surface area (Å²) in [5.74, 6) is 0.299. The van der Waals surface area contributed by atoms with E-state index < -0.39 is 5.41 Å². The van der Waals surface area contributed by atoms with Crippen LogP contribution in [0.25, 0.3) is 10.9 Å². The molecule has 1 aromatic heterocycles. The number of pyridine rings is 1. The molecule has 0 N–H and O–H groups in total. The number of esters is 1. The molecule has 0 bridgehead atoms. The quantitative estimate of drug-likeness (QED) is 0.370. The molecule has 1 saturated heterocycles.